The number of nitro groups is 1. The molecule has 0 bridgehead atoms. The minimum absolute atomic E-state index is 0.106. The van der Waals surface area contributed by atoms with Crippen molar-refractivity contribution in [3.8, 4) is 0 Å². The van der Waals surface area contributed by atoms with Gasteiger partial charge in [-0.2, -0.15) is 0 Å². The molecule has 1 heterocycles. The van der Waals surface area contributed by atoms with E-state index in [1.165, 1.54) is 6.07 Å². The third-order valence-corrected chi connectivity index (χ3v) is 3.34. The molecule has 1 aromatic carbocycles. The fourth-order valence-electron chi connectivity index (χ4n) is 2.15. The van der Waals surface area contributed by atoms with Gasteiger partial charge < -0.3 is 10.0 Å². The molecule has 1 aromatic rings. The zero-order valence-electron chi connectivity index (χ0n) is 9.74. The third kappa shape index (κ3) is 2.39. The van der Waals surface area contributed by atoms with Crippen molar-refractivity contribution < 1.29 is 10.0 Å². The Morgan fingerprint density at radius 2 is 2.18 bits per heavy atom. The number of aliphatic hydroxyl groups excluding tert-OH is 1. The second kappa shape index (κ2) is 4.71. The molecule has 0 radical (unpaired) electrons. The first-order valence-electron chi connectivity index (χ1n) is 5.76. The first-order valence-corrected chi connectivity index (χ1v) is 5.76. The molecule has 0 aromatic heterocycles. The number of hydrogen-bond acceptors (Lipinski definition) is 4. The Morgan fingerprint density at radius 1 is 1.47 bits per heavy atom. The largest absolute Gasteiger partial charge is 0.391 e. The van der Waals surface area contributed by atoms with Crippen molar-refractivity contribution in [1.29, 1.82) is 0 Å². The lowest BCUT2D eigenvalue weighted by molar-refractivity contribution is -0.384. The predicted molar refractivity (Wildman–Crippen MR) is 65.1 cm³/mol. The number of aliphatic hydroxyl groups is 1. The highest BCUT2D eigenvalue weighted by molar-refractivity contribution is 5.63. The topological polar surface area (TPSA) is 66.6 Å². The van der Waals surface area contributed by atoms with E-state index in [2.05, 4.69) is 0 Å². The second-order valence-corrected chi connectivity index (χ2v) is 4.53. The SMILES string of the molecule is C[C@@H]1CCN(c2ccccc2[N+](=O)[O-])C[C@H]1O. The summed E-state index contributed by atoms with van der Waals surface area (Å²) < 4.78 is 0. The monoisotopic (exact) mass is 236 g/mol. The van der Waals surface area contributed by atoms with E-state index in [4.69, 9.17) is 0 Å². The quantitative estimate of drug-likeness (QED) is 0.628. The van der Waals surface area contributed by atoms with Crippen LogP contribution in [0.4, 0.5) is 11.4 Å². The van der Waals surface area contributed by atoms with E-state index in [9.17, 15) is 15.2 Å². The van der Waals surface area contributed by atoms with Crippen LogP contribution in [0.25, 0.3) is 0 Å². The van der Waals surface area contributed by atoms with Crippen LogP contribution < -0.4 is 4.90 Å². The van der Waals surface area contributed by atoms with Crippen LogP contribution in [-0.4, -0.2) is 29.2 Å². The lowest BCUT2D eigenvalue weighted by atomic mass is 9.95. The van der Waals surface area contributed by atoms with Crippen molar-refractivity contribution in [3.05, 3.63) is 34.4 Å². The molecule has 1 fully saturated rings. The zero-order valence-corrected chi connectivity index (χ0v) is 9.74. The molecule has 0 saturated carbocycles. The first kappa shape index (κ1) is 11.9. The summed E-state index contributed by atoms with van der Waals surface area (Å²) in [7, 11) is 0. The summed E-state index contributed by atoms with van der Waals surface area (Å²) in [6.07, 6.45) is 0.441. The Morgan fingerprint density at radius 3 is 2.82 bits per heavy atom. The van der Waals surface area contributed by atoms with Gasteiger partial charge in [-0.15, -0.1) is 0 Å². The number of nitro benzene ring substituents is 1. The Hall–Kier alpha value is -1.62. The highest BCUT2D eigenvalue weighted by atomic mass is 16.6. The fourth-order valence-corrected chi connectivity index (χ4v) is 2.15. The van der Waals surface area contributed by atoms with Crippen LogP contribution in [0.1, 0.15) is 13.3 Å². The maximum Gasteiger partial charge on any atom is 0.292 e. The van der Waals surface area contributed by atoms with Crippen molar-refractivity contribution in [1.82, 2.24) is 0 Å². The third-order valence-electron chi connectivity index (χ3n) is 3.34. The molecule has 5 heteroatoms. The molecule has 1 N–H and O–H groups in total. The van der Waals surface area contributed by atoms with Gasteiger partial charge in [0.2, 0.25) is 0 Å². The summed E-state index contributed by atoms with van der Waals surface area (Å²) in [6, 6.07) is 6.68. The van der Waals surface area contributed by atoms with Crippen molar-refractivity contribution in [2.24, 2.45) is 5.92 Å². The van der Waals surface area contributed by atoms with E-state index >= 15 is 0 Å². The number of rotatable bonds is 2. The smallest absolute Gasteiger partial charge is 0.292 e. The molecule has 92 valence electrons. The number of anilines is 1. The first-order chi connectivity index (χ1) is 8.09. The highest BCUT2D eigenvalue weighted by Crippen LogP contribution is 2.30. The van der Waals surface area contributed by atoms with E-state index in [0.717, 1.165) is 13.0 Å². The molecular formula is C12H16N2O3. The van der Waals surface area contributed by atoms with Gasteiger partial charge >= 0.3 is 0 Å². The van der Waals surface area contributed by atoms with Crippen molar-refractivity contribution in [2.45, 2.75) is 19.4 Å². The lowest BCUT2D eigenvalue weighted by Gasteiger charge is -2.35. The second-order valence-electron chi connectivity index (χ2n) is 4.53. The van der Waals surface area contributed by atoms with Gasteiger partial charge in [-0.05, 0) is 18.4 Å². The molecule has 0 aliphatic carbocycles. The highest BCUT2D eigenvalue weighted by Gasteiger charge is 2.27. The van der Waals surface area contributed by atoms with Gasteiger partial charge in [0.25, 0.3) is 5.69 Å². The average molecular weight is 236 g/mol. The van der Waals surface area contributed by atoms with Crippen LogP contribution in [0.5, 0.6) is 0 Å². The number of benzene rings is 1. The van der Waals surface area contributed by atoms with Gasteiger partial charge in [0.05, 0.1) is 11.0 Å². The average Bonchev–Trinajstić information content (AvgIpc) is 2.32. The molecule has 2 rings (SSSR count). The predicted octanol–water partition coefficient (Wildman–Crippen LogP) is 1.80. The van der Waals surface area contributed by atoms with Gasteiger partial charge in [-0.3, -0.25) is 10.1 Å². The van der Waals surface area contributed by atoms with Gasteiger partial charge in [0.15, 0.2) is 0 Å². The molecule has 0 amide bonds. The van der Waals surface area contributed by atoms with E-state index in [1.54, 1.807) is 18.2 Å². The summed E-state index contributed by atoms with van der Waals surface area (Å²) in [4.78, 5) is 12.4. The number of hydrogen-bond donors (Lipinski definition) is 1. The normalized spacial score (nSPS) is 24.7. The van der Waals surface area contributed by atoms with Crippen LogP contribution in [0.3, 0.4) is 0 Å². The minimum atomic E-state index is -0.413. The Bertz CT molecular complexity index is 422. The molecule has 1 aliphatic heterocycles. The van der Waals surface area contributed by atoms with Crippen molar-refractivity contribution in [3.63, 3.8) is 0 Å². The lowest BCUT2D eigenvalue weighted by Crippen LogP contribution is -2.43. The molecule has 0 spiro atoms. The summed E-state index contributed by atoms with van der Waals surface area (Å²) in [5.74, 6) is 0.258. The molecule has 17 heavy (non-hydrogen) atoms. The molecule has 2 atom stereocenters. The molecule has 1 aliphatic rings. The maximum atomic E-state index is 10.9. The van der Waals surface area contributed by atoms with Crippen LogP contribution >= 0.6 is 0 Å². The molecule has 5 nitrogen and oxygen atoms in total. The number of β-amino-alcohol motifs (C(OH)–C–C–N with tert-alkyl or cyclic N) is 1. The number of para-hydroxylation sites is 2. The van der Waals surface area contributed by atoms with Crippen LogP contribution in [0.15, 0.2) is 24.3 Å². The minimum Gasteiger partial charge on any atom is -0.391 e. The standard InChI is InChI=1S/C12H16N2O3/c1-9-6-7-13(8-12(9)15)10-4-2-3-5-11(10)14(16)17/h2-5,9,12,15H,6-8H2,1H3/t9-,12-/m1/s1. The van der Waals surface area contributed by atoms with Crippen LogP contribution in [-0.2, 0) is 0 Å². The fraction of sp³-hybridized carbons (Fsp3) is 0.500. The Balaban J connectivity index is 2.25. The van der Waals surface area contributed by atoms with Crippen LogP contribution in [0, 0.1) is 16.0 Å². The molecule has 1 saturated heterocycles. The molecule has 0 unspecified atom stereocenters. The van der Waals surface area contributed by atoms with Gasteiger partial charge in [-0.25, -0.2) is 0 Å². The van der Waals surface area contributed by atoms with E-state index < -0.39 is 6.10 Å². The van der Waals surface area contributed by atoms with Gasteiger partial charge in [-0.1, -0.05) is 19.1 Å². The van der Waals surface area contributed by atoms with E-state index in [0.29, 0.717) is 12.2 Å². The number of nitrogens with zero attached hydrogens (tertiary/aromatic N) is 2. The Kier molecular flexibility index (Phi) is 3.28. The zero-order chi connectivity index (χ0) is 12.4. The van der Waals surface area contributed by atoms with Crippen molar-refractivity contribution in [2.75, 3.05) is 18.0 Å². The van der Waals surface area contributed by atoms with Gasteiger partial charge in [0, 0.05) is 19.2 Å². The molecular weight excluding hydrogens is 220 g/mol. The van der Waals surface area contributed by atoms with Gasteiger partial charge in [0.1, 0.15) is 5.69 Å². The summed E-state index contributed by atoms with van der Waals surface area (Å²) in [6.45, 7) is 3.22. The summed E-state index contributed by atoms with van der Waals surface area (Å²) in [5, 5.41) is 20.8. The summed E-state index contributed by atoms with van der Waals surface area (Å²) in [5.41, 5.74) is 0.706. The van der Waals surface area contributed by atoms with Crippen LogP contribution in [0.2, 0.25) is 0 Å². The maximum absolute atomic E-state index is 10.9. The van der Waals surface area contributed by atoms with E-state index in [1.807, 2.05) is 11.8 Å². The van der Waals surface area contributed by atoms with Crippen molar-refractivity contribution >= 4 is 11.4 Å². The number of piperidine rings is 1. The van der Waals surface area contributed by atoms with E-state index in [-0.39, 0.29) is 16.5 Å². The summed E-state index contributed by atoms with van der Waals surface area (Å²) >= 11 is 0. The Labute approximate surface area is 99.8 Å².